The zero-order valence-corrected chi connectivity index (χ0v) is 10.6. The summed E-state index contributed by atoms with van der Waals surface area (Å²) < 4.78 is 18.5. The van der Waals surface area contributed by atoms with Gasteiger partial charge in [-0.15, -0.1) is 0 Å². The Morgan fingerprint density at radius 3 is 2.65 bits per heavy atom. The first-order valence-electron chi connectivity index (χ1n) is 6.22. The largest absolute Gasteiger partial charge is 0.487 e. The van der Waals surface area contributed by atoms with Crippen molar-refractivity contribution < 1.29 is 13.9 Å². The second kappa shape index (κ2) is 5.17. The number of para-hydroxylation sites is 2. The lowest BCUT2D eigenvalue weighted by Gasteiger charge is -2.04. The minimum absolute atomic E-state index is 0.181. The van der Waals surface area contributed by atoms with Crippen molar-refractivity contribution in [3.05, 3.63) is 65.5 Å². The molecule has 20 heavy (non-hydrogen) atoms. The predicted molar refractivity (Wildman–Crippen MR) is 74.9 cm³/mol. The van der Waals surface area contributed by atoms with Crippen molar-refractivity contribution in [2.75, 3.05) is 11.9 Å². The molecule has 0 aromatic heterocycles. The molecule has 0 aliphatic carbocycles. The van der Waals surface area contributed by atoms with E-state index in [-0.39, 0.29) is 18.3 Å². The molecule has 1 N–H and O–H groups in total. The first kappa shape index (κ1) is 12.4. The summed E-state index contributed by atoms with van der Waals surface area (Å²) in [7, 11) is 0. The summed E-state index contributed by atoms with van der Waals surface area (Å²) >= 11 is 0. The summed E-state index contributed by atoms with van der Waals surface area (Å²) in [6.45, 7) is 0.181. The SMILES string of the molecule is O=C1Nc2ccccc2OC/C1=C\c1ccc(F)cc1. The van der Waals surface area contributed by atoms with Crippen molar-refractivity contribution in [2.45, 2.75) is 0 Å². The number of rotatable bonds is 1. The lowest BCUT2D eigenvalue weighted by molar-refractivity contribution is -0.112. The Labute approximate surface area is 115 Å². The molecule has 0 radical (unpaired) electrons. The lowest BCUT2D eigenvalue weighted by Crippen LogP contribution is -2.15. The molecule has 2 aromatic rings. The Kier molecular flexibility index (Phi) is 3.21. The van der Waals surface area contributed by atoms with E-state index in [1.807, 2.05) is 12.1 Å². The number of benzene rings is 2. The summed E-state index contributed by atoms with van der Waals surface area (Å²) in [5.74, 6) is 0.128. The fourth-order valence-corrected chi connectivity index (χ4v) is 1.99. The molecule has 4 heteroatoms. The second-order valence-electron chi connectivity index (χ2n) is 4.46. The van der Waals surface area contributed by atoms with Crippen molar-refractivity contribution in [1.29, 1.82) is 0 Å². The molecule has 0 saturated heterocycles. The highest BCUT2D eigenvalue weighted by Crippen LogP contribution is 2.27. The van der Waals surface area contributed by atoms with Crippen LogP contribution in [0.5, 0.6) is 5.75 Å². The summed E-state index contributed by atoms with van der Waals surface area (Å²) in [5.41, 5.74) is 1.90. The number of ether oxygens (including phenoxy) is 1. The molecule has 0 unspecified atom stereocenters. The van der Waals surface area contributed by atoms with Crippen molar-refractivity contribution in [1.82, 2.24) is 0 Å². The van der Waals surface area contributed by atoms with Crippen LogP contribution in [0.1, 0.15) is 5.56 Å². The van der Waals surface area contributed by atoms with E-state index in [9.17, 15) is 9.18 Å². The minimum atomic E-state index is -0.305. The van der Waals surface area contributed by atoms with Crippen LogP contribution in [0.2, 0.25) is 0 Å². The third-order valence-corrected chi connectivity index (χ3v) is 3.02. The van der Waals surface area contributed by atoms with Gasteiger partial charge in [0.1, 0.15) is 18.2 Å². The number of carbonyl (C=O) groups is 1. The van der Waals surface area contributed by atoms with Gasteiger partial charge in [0.25, 0.3) is 5.91 Å². The number of hydrogen-bond acceptors (Lipinski definition) is 2. The summed E-state index contributed by atoms with van der Waals surface area (Å²) in [6.07, 6.45) is 1.70. The summed E-state index contributed by atoms with van der Waals surface area (Å²) in [4.78, 5) is 12.1. The van der Waals surface area contributed by atoms with Crippen molar-refractivity contribution in [3.8, 4) is 5.75 Å². The molecule has 0 bridgehead atoms. The molecule has 0 spiro atoms. The zero-order chi connectivity index (χ0) is 13.9. The lowest BCUT2D eigenvalue weighted by atomic mass is 10.1. The van der Waals surface area contributed by atoms with Gasteiger partial charge < -0.3 is 10.1 Å². The van der Waals surface area contributed by atoms with Crippen LogP contribution in [0.25, 0.3) is 6.08 Å². The number of fused-ring (bicyclic) bond motifs is 1. The van der Waals surface area contributed by atoms with Gasteiger partial charge in [-0.05, 0) is 35.9 Å². The van der Waals surface area contributed by atoms with Crippen LogP contribution in [0, 0.1) is 5.82 Å². The Hall–Kier alpha value is -2.62. The molecule has 1 aliphatic rings. The van der Waals surface area contributed by atoms with Crippen molar-refractivity contribution in [3.63, 3.8) is 0 Å². The number of amides is 1. The molecular weight excluding hydrogens is 257 g/mol. The van der Waals surface area contributed by atoms with E-state index in [0.29, 0.717) is 17.0 Å². The molecule has 0 saturated carbocycles. The quantitative estimate of drug-likeness (QED) is 0.807. The van der Waals surface area contributed by atoms with Gasteiger partial charge in [-0.3, -0.25) is 4.79 Å². The van der Waals surface area contributed by atoms with Crippen LogP contribution in [0.3, 0.4) is 0 Å². The molecular formula is C16H12FNO2. The molecule has 1 heterocycles. The monoisotopic (exact) mass is 269 g/mol. The van der Waals surface area contributed by atoms with E-state index < -0.39 is 0 Å². The van der Waals surface area contributed by atoms with E-state index in [1.165, 1.54) is 12.1 Å². The first-order chi connectivity index (χ1) is 9.72. The van der Waals surface area contributed by atoms with Crippen LogP contribution in [-0.2, 0) is 4.79 Å². The van der Waals surface area contributed by atoms with Gasteiger partial charge in [-0.2, -0.15) is 0 Å². The minimum Gasteiger partial charge on any atom is -0.487 e. The van der Waals surface area contributed by atoms with Gasteiger partial charge in [0.2, 0.25) is 0 Å². The fourth-order valence-electron chi connectivity index (χ4n) is 1.99. The van der Waals surface area contributed by atoms with Crippen molar-refractivity contribution >= 4 is 17.7 Å². The molecule has 0 fully saturated rings. The Morgan fingerprint density at radius 1 is 1.10 bits per heavy atom. The van der Waals surface area contributed by atoms with E-state index in [0.717, 1.165) is 5.56 Å². The zero-order valence-electron chi connectivity index (χ0n) is 10.6. The number of anilines is 1. The Balaban J connectivity index is 1.89. The van der Waals surface area contributed by atoms with Gasteiger partial charge in [-0.1, -0.05) is 24.3 Å². The fraction of sp³-hybridized carbons (Fsp3) is 0.0625. The summed E-state index contributed by atoms with van der Waals surface area (Å²) in [6, 6.07) is 13.2. The molecule has 3 nitrogen and oxygen atoms in total. The smallest absolute Gasteiger partial charge is 0.255 e. The van der Waals surface area contributed by atoms with E-state index in [2.05, 4.69) is 5.32 Å². The van der Waals surface area contributed by atoms with Gasteiger partial charge >= 0.3 is 0 Å². The normalized spacial score (nSPS) is 16.1. The molecule has 0 atom stereocenters. The van der Waals surface area contributed by atoms with E-state index in [4.69, 9.17) is 4.74 Å². The standard InChI is InChI=1S/C16H12FNO2/c17-13-7-5-11(6-8-13)9-12-10-20-15-4-2-1-3-14(15)18-16(12)19/h1-9H,10H2,(H,18,19)/b12-9+. The number of carbonyl (C=O) groups excluding carboxylic acids is 1. The molecule has 3 rings (SSSR count). The van der Waals surface area contributed by atoms with Crippen LogP contribution in [0.4, 0.5) is 10.1 Å². The average Bonchev–Trinajstić information content (AvgIpc) is 2.61. The van der Waals surface area contributed by atoms with Crippen LogP contribution in [-0.4, -0.2) is 12.5 Å². The van der Waals surface area contributed by atoms with Gasteiger partial charge in [0.15, 0.2) is 0 Å². The van der Waals surface area contributed by atoms with Crippen LogP contribution >= 0.6 is 0 Å². The van der Waals surface area contributed by atoms with Gasteiger partial charge in [-0.25, -0.2) is 4.39 Å². The van der Waals surface area contributed by atoms with Gasteiger partial charge in [0, 0.05) is 0 Å². The maximum absolute atomic E-state index is 12.9. The van der Waals surface area contributed by atoms with Gasteiger partial charge in [0.05, 0.1) is 11.3 Å². The first-order valence-corrected chi connectivity index (χ1v) is 6.22. The second-order valence-corrected chi connectivity index (χ2v) is 4.46. The number of hydrogen-bond donors (Lipinski definition) is 1. The number of halogens is 1. The van der Waals surface area contributed by atoms with Crippen LogP contribution < -0.4 is 10.1 Å². The predicted octanol–water partition coefficient (Wildman–Crippen LogP) is 3.24. The number of nitrogens with one attached hydrogen (secondary N) is 1. The molecule has 2 aromatic carbocycles. The average molecular weight is 269 g/mol. The highest BCUT2D eigenvalue weighted by atomic mass is 19.1. The third kappa shape index (κ3) is 2.54. The maximum Gasteiger partial charge on any atom is 0.255 e. The van der Waals surface area contributed by atoms with Crippen molar-refractivity contribution in [2.24, 2.45) is 0 Å². The summed E-state index contributed by atoms with van der Waals surface area (Å²) in [5, 5.41) is 2.80. The molecule has 1 aliphatic heterocycles. The topological polar surface area (TPSA) is 38.3 Å². The maximum atomic E-state index is 12.9. The van der Waals surface area contributed by atoms with E-state index >= 15 is 0 Å². The molecule has 100 valence electrons. The molecule has 1 amide bonds. The highest BCUT2D eigenvalue weighted by Gasteiger charge is 2.17. The Morgan fingerprint density at radius 2 is 1.85 bits per heavy atom. The van der Waals surface area contributed by atoms with Crippen LogP contribution in [0.15, 0.2) is 54.1 Å². The van der Waals surface area contributed by atoms with E-state index in [1.54, 1.807) is 30.3 Å². The third-order valence-electron chi connectivity index (χ3n) is 3.02. The highest BCUT2D eigenvalue weighted by molar-refractivity contribution is 6.08. The Bertz CT molecular complexity index is 677.